The zero-order valence-corrected chi connectivity index (χ0v) is 9.78. The van der Waals surface area contributed by atoms with E-state index < -0.39 is 0 Å². The lowest BCUT2D eigenvalue weighted by Crippen LogP contribution is -2.31. The molecule has 0 saturated heterocycles. The van der Waals surface area contributed by atoms with Crippen molar-refractivity contribution in [2.24, 2.45) is 17.6 Å². The van der Waals surface area contributed by atoms with Crippen LogP contribution in [0.2, 0.25) is 0 Å². The maximum Gasteiger partial charge on any atom is 0.119 e. The highest BCUT2D eigenvalue weighted by Gasteiger charge is 2.62. The first-order chi connectivity index (χ1) is 7.74. The lowest BCUT2D eigenvalue weighted by molar-refractivity contribution is 0.413. The summed E-state index contributed by atoms with van der Waals surface area (Å²) in [5.41, 5.74) is 7.90. The second-order valence-electron chi connectivity index (χ2n) is 5.28. The van der Waals surface area contributed by atoms with Gasteiger partial charge in [0.1, 0.15) is 5.75 Å². The Morgan fingerprint density at radius 2 is 2.12 bits per heavy atom. The zero-order chi connectivity index (χ0) is 11.2. The highest BCUT2D eigenvalue weighted by Crippen LogP contribution is 2.60. The molecule has 2 atom stereocenters. The number of benzene rings is 1. The van der Waals surface area contributed by atoms with Crippen LogP contribution in [0.15, 0.2) is 24.3 Å². The normalized spacial score (nSPS) is 35.9. The van der Waals surface area contributed by atoms with Gasteiger partial charge < -0.3 is 10.5 Å². The Labute approximate surface area is 96.8 Å². The van der Waals surface area contributed by atoms with Crippen LogP contribution in [0.4, 0.5) is 0 Å². The molecule has 0 amide bonds. The molecule has 86 valence electrons. The van der Waals surface area contributed by atoms with Gasteiger partial charge in [-0.1, -0.05) is 18.6 Å². The molecule has 3 rings (SSSR count). The molecule has 2 N–H and O–H groups in total. The Hall–Kier alpha value is -1.02. The van der Waals surface area contributed by atoms with Gasteiger partial charge >= 0.3 is 0 Å². The Balaban J connectivity index is 1.75. The van der Waals surface area contributed by atoms with Gasteiger partial charge in [0.15, 0.2) is 0 Å². The van der Waals surface area contributed by atoms with Gasteiger partial charge in [0.2, 0.25) is 0 Å². The summed E-state index contributed by atoms with van der Waals surface area (Å²) in [6.07, 6.45) is 5.07. The van der Waals surface area contributed by atoms with Gasteiger partial charge in [0, 0.05) is 5.54 Å². The predicted molar refractivity (Wildman–Crippen MR) is 64.4 cm³/mol. The molecule has 0 bridgehead atoms. The van der Waals surface area contributed by atoms with Crippen LogP contribution in [0.5, 0.6) is 5.75 Å². The summed E-state index contributed by atoms with van der Waals surface area (Å²) < 4.78 is 5.24. The second kappa shape index (κ2) is 3.49. The molecule has 2 saturated carbocycles. The first kappa shape index (κ1) is 10.2. The largest absolute Gasteiger partial charge is 0.497 e. The third-order valence-corrected chi connectivity index (χ3v) is 4.43. The molecule has 2 fully saturated rings. The summed E-state index contributed by atoms with van der Waals surface area (Å²) in [6, 6.07) is 8.31. The minimum absolute atomic E-state index is 0.102. The van der Waals surface area contributed by atoms with E-state index >= 15 is 0 Å². The smallest absolute Gasteiger partial charge is 0.119 e. The first-order valence-corrected chi connectivity index (χ1v) is 6.16. The fraction of sp³-hybridized carbons (Fsp3) is 0.571. The Morgan fingerprint density at radius 3 is 2.81 bits per heavy atom. The number of rotatable bonds is 3. The van der Waals surface area contributed by atoms with E-state index in [0.717, 1.165) is 24.0 Å². The number of hydrogen-bond donors (Lipinski definition) is 1. The third-order valence-electron chi connectivity index (χ3n) is 4.43. The van der Waals surface area contributed by atoms with E-state index in [-0.39, 0.29) is 5.54 Å². The molecular formula is C14H19NO. The summed E-state index contributed by atoms with van der Waals surface area (Å²) in [5, 5.41) is 0. The van der Waals surface area contributed by atoms with Crippen molar-refractivity contribution in [3.05, 3.63) is 29.8 Å². The van der Waals surface area contributed by atoms with Crippen LogP contribution < -0.4 is 10.5 Å². The first-order valence-electron chi connectivity index (χ1n) is 6.16. The van der Waals surface area contributed by atoms with Crippen molar-refractivity contribution in [3.63, 3.8) is 0 Å². The zero-order valence-electron chi connectivity index (χ0n) is 9.78. The molecule has 0 heterocycles. The highest BCUT2D eigenvalue weighted by atomic mass is 16.5. The van der Waals surface area contributed by atoms with Crippen molar-refractivity contribution in [2.45, 2.75) is 31.2 Å². The monoisotopic (exact) mass is 217 g/mol. The van der Waals surface area contributed by atoms with Crippen LogP contribution in [-0.4, -0.2) is 12.6 Å². The fourth-order valence-electron chi connectivity index (χ4n) is 3.52. The molecule has 0 aromatic heterocycles. The highest BCUT2D eigenvalue weighted by molar-refractivity contribution is 5.33. The maximum atomic E-state index is 6.48. The number of methoxy groups -OCH3 is 1. The van der Waals surface area contributed by atoms with Crippen LogP contribution in [0.3, 0.4) is 0 Å². The van der Waals surface area contributed by atoms with Gasteiger partial charge in [-0.25, -0.2) is 0 Å². The average Bonchev–Trinajstić information content (AvgIpc) is 2.72. The van der Waals surface area contributed by atoms with Crippen molar-refractivity contribution >= 4 is 0 Å². The van der Waals surface area contributed by atoms with Gasteiger partial charge in [0.05, 0.1) is 7.11 Å². The Morgan fingerprint density at radius 1 is 1.38 bits per heavy atom. The summed E-state index contributed by atoms with van der Waals surface area (Å²) >= 11 is 0. The van der Waals surface area contributed by atoms with Crippen molar-refractivity contribution in [3.8, 4) is 5.75 Å². The molecule has 0 radical (unpaired) electrons. The standard InChI is InChI=1S/C14H19NO/c1-16-11-5-2-4-10(8-11)9-14(15)12-6-3-7-13(12)14/h2,4-5,8,12-13H,3,6-7,9,15H2,1H3. The summed E-state index contributed by atoms with van der Waals surface area (Å²) in [5.74, 6) is 2.52. The van der Waals surface area contributed by atoms with Crippen LogP contribution in [0, 0.1) is 11.8 Å². The molecule has 0 aliphatic heterocycles. The van der Waals surface area contributed by atoms with Gasteiger partial charge in [0.25, 0.3) is 0 Å². The molecular weight excluding hydrogens is 198 g/mol. The van der Waals surface area contributed by atoms with Crippen LogP contribution >= 0.6 is 0 Å². The molecule has 2 unspecified atom stereocenters. The Kier molecular flexibility index (Phi) is 2.21. The lowest BCUT2D eigenvalue weighted by Gasteiger charge is -2.15. The molecule has 1 aromatic carbocycles. The SMILES string of the molecule is COc1cccc(CC2(N)C3CCCC32)c1. The lowest BCUT2D eigenvalue weighted by atomic mass is 9.97. The van der Waals surface area contributed by atoms with Crippen molar-refractivity contribution < 1.29 is 4.74 Å². The summed E-state index contributed by atoms with van der Waals surface area (Å²) in [7, 11) is 1.71. The number of nitrogens with two attached hydrogens (primary N) is 1. The van der Waals surface area contributed by atoms with E-state index in [4.69, 9.17) is 10.5 Å². The molecule has 2 aliphatic rings. The molecule has 2 heteroatoms. The molecule has 2 nitrogen and oxygen atoms in total. The number of hydrogen-bond acceptors (Lipinski definition) is 2. The van der Waals surface area contributed by atoms with Crippen LogP contribution in [0.25, 0.3) is 0 Å². The predicted octanol–water partition coefficient (Wildman–Crippen LogP) is 2.37. The minimum Gasteiger partial charge on any atom is -0.497 e. The van der Waals surface area contributed by atoms with E-state index in [9.17, 15) is 0 Å². The van der Waals surface area contributed by atoms with E-state index in [0.29, 0.717) is 0 Å². The number of ether oxygens (including phenoxy) is 1. The molecule has 0 spiro atoms. The topological polar surface area (TPSA) is 35.2 Å². The summed E-state index contributed by atoms with van der Waals surface area (Å²) in [6.45, 7) is 0. The Bertz CT molecular complexity index is 391. The van der Waals surface area contributed by atoms with E-state index in [1.807, 2.05) is 6.07 Å². The number of fused-ring (bicyclic) bond motifs is 1. The van der Waals surface area contributed by atoms with Crippen LogP contribution in [-0.2, 0) is 6.42 Å². The van der Waals surface area contributed by atoms with Crippen molar-refractivity contribution in [1.29, 1.82) is 0 Å². The third kappa shape index (κ3) is 1.44. The second-order valence-corrected chi connectivity index (χ2v) is 5.28. The quantitative estimate of drug-likeness (QED) is 0.843. The van der Waals surface area contributed by atoms with Gasteiger partial charge in [-0.3, -0.25) is 0 Å². The maximum absolute atomic E-state index is 6.48. The van der Waals surface area contributed by atoms with Crippen molar-refractivity contribution in [2.75, 3.05) is 7.11 Å². The minimum atomic E-state index is 0.102. The van der Waals surface area contributed by atoms with Gasteiger partial charge in [-0.15, -0.1) is 0 Å². The van der Waals surface area contributed by atoms with Gasteiger partial charge in [-0.05, 0) is 48.8 Å². The fourth-order valence-corrected chi connectivity index (χ4v) is 3.52. The molecule has 2 aliphatic carbocycles. The summed E-state index contributed by atoms with van der Waals surface area (Å²) in [4.78, 5) is 0. The average molecular weight is 217 g/mol. The van der Waals surface area contributed by atoms with Crippen molar-refractivity contribution in [1.82, 2.24) is 0 Å². The van der Waals surface area contributed by atoms with E-state index in [2.05, 4.69) is 18.2 Å². The molecule has 1 aromatic rings. The molecule has 16 heavy (non-hydrogen) atoms. The van der Waals surface area contributed by atoms with Gasteiger partial charge in [-0.2, -0.15) is 0 Å². The van der Waals surface area contributed by atoms with E-state index in [1.165, 1.54) is 24.8 Å². The van der Waals surface area contributed by atoms with Crippen LogP contribution in [0.1, 0.15) is 24.8 Å². The van der Waals surface area contributed by atoms with E-state index in [1.54, 1.807) is 7.11 Å².